The van der Waals surface area contributed by atoms with E-state index in [1.807, 2.05) is 0 Å². The highest BCUT2D eigenvalue weighted by molar-refractivity contribution is 5.97. The van der Waals surface area contributed by atoms with Gasteiger partial charge in [0.15, 0.2) is 5.69 Å². The number of benzene rings is 1. The number of nitrogens with one attached hydrogen (secondary N) is 4. The molecule has 0 unspecified atom stereocenters. The lowest BCUT2D eigenvalue weighted by atomic mass is 9.91. The molecule has 1 saturated heterocycles. The van der Waals surface area contributed by atoms with Crippen molar-refractivity contribution >= 4 is 29.6 Å². The molecular formula is C31H40FN5O7. The average Bonchev–Trinajstić information content (AvgIpc) is 3.42. The second-order valence-electron chi connectivity index (χ2n) is 11.0. The Labute approximate surface area is 255 Å². The normalized spacial score (nSPS) is 17.0. The van der Waals surface area contributed by atoms with Gasteiger partial charge in [0.25, 0.3) is 5.91 Å². The zero-order valence-corrected chi connectivity index (χ0v) is 25.4. The molecule has 12 nitrogen and oxygen atoms in total. The number of ether oxygens (including phenoxy) is 1. The molecule has 4 N–H and O–H groups in total. The van der Waals surface area contributed by atoms with Gasteiger partial charge in [0.1, 0.15) is 23.7 Å². The predicted octanol–water partition coefficient (Wildman–Crippen LogP) is 2.12. The number of piperidine rings is 1. The van der Waals surface area contributed by atoms with E-state index < -0.39 is 53.6 Å². The van der Waals surface area contributed by atoms with E-state index in [1.54, 1.807) is 27.7 Å². The Balaban J connectivity index is 1.83. The molecule has 1 aliphatic heterocycles. The molecule has 4 amide bonds. The molecule has 0 radical (unpaired) electrons. The summed E-state index contributed by atoms with van der Waals surface area (Å²) in [5.74, 6) is -3.39. The Kier molecular flexibility index (Phi) is 12.6. The summed E-state index contributed by atoms with van der Waals surface area (Å²) in [7, 11) is 0. The highest BCUT2D eigenvalue weighted by Crippen LogP contribution is 2.19. The molecule has 44 heavy (non-hydrogen) atoms. The summed E-state index contributed by atoms with van der Waals surface area (Å²) < 4.78 is 23.5. The minimum absolute atomic E-state index is 0.00266. The summed E-state index contributed by atoms with van der Waals surface area (Å²) in [4.78, 5) is 64.5. The van der Waals surface area contributed by atoms with Gasteiger partial charge in [0, 0.05) is 37.1 Å². The molecule has 4 atom stereocenters. The third-order valence-corrected chi connectivity index (χ3v) is 7.10. The van der Waals surface area contributed by atoms with Gasteiger partial charge in [-0.3, -0.25) is 19.2 Å². The van der Waals surface area contributed by atoms with Gasteiger partial charge >= 0.3 is 5.97 Å². The predicted molar refractivity (Wildman–Crippen MR) is 157 cm³/mol. The minimum Gasteiger partial charge on any atom is -0.463 e. The van der Waals surface area contributed by atoms with Crippen LogP contribution in [0.15, 0.2) is 47.0 Å². The summed E-state index contributed by atoms with van der Waals surface area (Å²) in [5, 5.41) is 14.7. The van der Waals surface area contributed by atoms with Crippen LogP contribution in [-0.2, 0) is 30.3 Å². The summed E-state index contributed by atoms with van der Waals surface area (Å²) in [6.07, 6.45) is 4.26. The fraction of sp³-hybridized carbons (Fsp3) is 0.484. The van der Waals surface area contributed by atoms with Gasteiger partial charge < -0.3 is 30.5 Å². The zero-order valence-electron chi connectivity index (χ0n) is 25.4. The van der Waals surface area contributed by atoms with Crippen LogP contribution in [0, 0.1) is 24.6 Å². The number of rotatable bonds is 14. The van der Waals surface area contributed by atoms with Crippen molar-refractivity contribution in [1.29, 1.82) is 0 Å². The number of amides is 4. The molecular weight excluding hydrogens is 573 g/mol. The van der Waals surface area contributed by atoms with Gasteiger partial charge in [-0.25, -0.2) is 9.18 Å². The molecule has 1 aromatic heterocycles. The Morgan fingerprint density at radius 2 is 1.86 bits per heavy atom. The number of aryl methyl sites for hydroxylation is 1. The maximum absolute atomic E-state index is 13.7. The number of aromatic nitrogens is 1. The maximum Gasteiger partial charge on any atom is 0.330 e. The molecule has 238 valence electrons. The number of nitrogens with zero attached hydrogens (tertiary/aromatic N) is 1. The Morgan fingerprint density at radius 1 is 1.14 bits per heavy atom. The lowest BCUT2D eigenvalue weighted by Gasteiger charge is -2.28. The second kappa shape index (κ2) is 16.3. The molecule has 1 fully saturated rings. The number of halogens is 1. The third kappa shape index (κ3) is 10.3. The van der Waals surface area contributed by atoms with E-state index in [1.165, 1.54) is 42.5 Å². The lowest BCUT2D eigenvalue weighted by molar-refractivity contribution is -0.137. The molecule has 0 aliphatic carbocycles. The van der Waals surface area contributed by atoms with E-state index in [4.69, 9.17) is 9.26 Å². The van der Waals surface area contributed by atoms with Crippen LogP contribution in [0.4, 0.5) is 4.39 Å². The lowest BCUT2D eigenvalue weighted by Crippen LogP contribution is -2.57. The summed E-state index contributed by atoms with van der Waals surface area (Å²) in [5.41, 5.74) is 0.574. The van der Waals surface area contributed by atoms with Crippen molar-refractivity contribution in [3.8, 4) is 0 Å². The first kappa shape index (κ1) is 33.9. The monoisotopic (exact) mass is 613 g/mol. The number of carbonyl (C=O) groups excluding carboxylic acids is 5. The van der Waals surface area contributed by atoms with E-state index in [0.29, 0.717) is 24.3 Å². The van der Waals surface area contributed by atoms with Gasteiger partial charge in [0.2, 0.25) is 17.7 Å². The Morgan fingerprint density at radius 3 is 2.48 bits per heavy atom. The van der Waals surface area contributed by atoms with Crippen molar-refractivity contribution in [2.24, 2.45) is 11.8 Å². The van der Waals surface area contributed by atoms with Crippen LogP contribution in [-0.4, -0.2) is 66.0 Å². The van der Waals surface area contributed by atoms with Crippen LogP contribution >= 0.6 is 0 Å². The quantitative estimate of drug-likeness (QED) is 0.186. The first-order valence-corrected chi connectivity index (χ1v) is 14.7. The molecule has 1 aliphatic rings. The molecule has 3 rings (SSSR count). The van der Waals surface area contributed by atoms with Crippen molar-refractivity contribution in [2.45, 2.75) is 71.5 Å². The maximum atomic E-state index is 13.7. The van der Waals surface area contributed by atoms with E-state index in [0.717, 1.165) is 6.42 Å². The molecule has 0 bridgehead atoms. The number of carbonyl (C=O) groups is 5. The van der Waals surface area contributed by atoms with Crippen LogP contribution in [0.1, 0.15) is 61.8 Å². The first-order valence-electron chi connectivity index (χ1n) is 14.7. The molecule has 0 saturated carbocycles. The van der Waals surface area contributed by atoms with E-state index in [-0.39, 0.29) is 37.0 Å². The number of esters is 1. The van der Waals surface area contributed by atoms with Crippen molar-refractivity contribution in [3.05, 3.63) is 65.3 Å². The van der Waals surface area contributed by atoms with Gasteiger partial charge in [0.05, 0.1) is 6.61 Å². The van der Waals surface area contributed by atoms with Gasteiger partial charge in [-0.15, -0.1) is 0 Å². The fourth-order valence-electron chi connectivity index (χ4n) is 4.77. The average molecular weight is 614 g/mol. The fourth-order valence-corrected chi connectivity index (χ4v) is 4.77. The highest BCUT2D eigenvalue weighted by atomic mass is 19.1. The third-order valence-electron chi connectivity index (χ3n) is 7.10. The zero-order chi connectivity index (χ0) is 32.2. The molecule has 13 heteroatoms. The number of hydrogen-bond acceptors (Lipinski definition) is 8. The van der Waals surface area contributed by atoms with Crippen molar-refractivity contribution in [2.75, 3.05) is 13.2 Å². The molecule has 2 heterocycles. The van der Waals surface area contributed by atoms with E-state index in [9.17, 15) is 28.4 Å². The van der Waals surface area contributed by atoms with Crippen LogP contribution in [0.3, 0.4) is 0 Å². The summed E-state index contributed by atoms with van der Waals surface area (Å²) in [6.45, 7) is 7.50. The molecule has 0 spiro atoms. The van der Waals surface area contributed by atoms with Crippen LogP contribution in [0.25, 0.3) is 0 Å². The SMILES string of the molecule is CCOC(=O)/C=C/[C@H](C[C@@H]1CCCNC1=O)NC(=O)[C@H](Cc1ccc(F)cc1)NC(=O)[C@@H](NC(=O)c1cc(C)on1)C(C)C. The van der Waals surface area contributed by atoms with Gasteiger partial charge in [-0.05, 0) is 56.7 Å². The summed E-state index contributed by atoms with van der Waals surface area (Å²) >= 11 is 0. The van der Waals surface area contributed by atoms with E-state index >= 15 is 0 Å². The van der Waals surface area contributed by atoms with Crippen molar-refractivity contribution < 1.29 is 37.6 Å². The minimum atomic E-state index is -1.15. The molecule has 2 aromatic rings. The van der Waals surface area contributed by atoms with Crippen LogP contribution < -0.4 is 21.3 Å². The van der Waals surface area contributed by atoms with Crippen molar-refractivity contribution in [1.82, 2.24) is 26.4 Å². The number of hydrogen-bond donors (Lipinski definition) is 4. The topological polar surface area (TPSA) is 169 Å². The van der Waals surface area contributed by atoms with Gasteiger partial charge in [-0.2, -0.15) is 0 Å². The van der Waals surface area contributed by atoms with E-state index in [2.05, 4.69) is 26.4 Å². The summed E-state index contributed by atoms with van der Waals surface area (Å²) in [6, 6.07) is 4.00. The van der Waals surface area contributed by atoms with Gasteiger partial charge in [-0.1, -0.05) is 37.2 Å². The van der Waals surface area contributed by atoms with Crippen LogP contribution in [0.2, 0.25) is 0 Å². The van der Waals surface area contributed by atoms with Crippen molar-refractivity contribution in [3.63, 3.8) is 0 Å². The highest BCUT2D eigenvalue weighted by Gasteiger charge is 2.32. The van der Waals surface area contributed by atoms with Crippen LogP contribution in [0.5, 0.6) is 0 Å². The Bertz CT molecular complexity index is 1340. The standard InChI is InChI=1S/C31H40FN5O7/c1-5-43-26(38)13-12-23(17-21-7-6-14-33-28(21)39)34-29(40)24(16-20-8-10-22(32)11-9-20)35-31(42)27(18(2)3)36-30(41)25-15-19(4)44-37-25/h8-13,15,18,21,23-24,27H,5-7,14,16-17H2,1-4H3,(H,33,39)(H,34,40)(H,35,42)(H,36,41)/b13-12+/t21-,23+,24-,27-/m0/s1. The second-order valence-corrected chi connectivity index (χ2v) is 11.0. The smallest absolute Gasteiger partial charge is 0.330 e. The largest absolute Gasteiger partial charge is 0.463 e. The Hall–Kier alpha value is -4.55. The molecule has 1 aromatic carbocycles. The first-order chi connectivity index (χ1) is 21.0.